The van der Waals surface area contributed by atoms with Crippen LogP contribution in [0.4, 0.5) is 0 Å². The maximum absolute atomic E-state index is 8.57. The first kappa shape index (κ1) is 22.4. The van der Waals surface area contributed by atoms with E-state index >= 15 is 0 Å². The predicted octanol–water partition coefficient (Wildman–Crippen LogP) is -2.42. The first-order chi connectivity index (χ1) is 2.83. The predicted molar refractivity (Wildman–Crippen MR) is 33.3 cm³/mol. The first-order valence-corrected chi connectivity index (χ1v) is 2.96. The molecule has 8 heavy (non-hydrogen) atoms. The first-order valence-electron chi connectivity index (χ1n) is 0.988. The van der Waals surface area contributed by atoms with Gasteiger partial charge in [-0.05, 0) is 0 Å². The molecule has 0 fully saturated rings. The monoisotopic (exact) mass is 188 g/mol. The molecule has 0 rings (SSSR count). The van der Waals surface area contributed by atoms with Gasteiger partial charge < -0.3 is 5.71 Å². The van der Waals surface area contributed by atoms with Crippen molar-refractivity contribution < 1.29 is 21.6 Å². The zero-order chi connectivity index (χ0) is 5.41. The van der Waals surface area contributed by atoms with Gasteiger partial charge in [0.1, 0.15) is 0 Å². The van der Waals surface area contributed by atoms with E-state index < -0.39 is 31.0 Å². The van der Waals surface area contributed by atoms with E-state index in [1.165, 1.54) is 0 Å². The van der Waals surface area contributed by atoms with Crippen LogP contribution in [0.15, 0.2) is 0 Å². The third-order valence-corrected chi connectivity index (χ3v) is 0. The topological polar surface area (TPSA) is 74.6 Å². The minimum absolute atomic E-state index is 0. The number of rotatable bonds is 0. The van der Waals surface area contributed by atoms with Crippen molar-refractivity contribution in [3.05, 3.63) is 0 Å². The van der Waals surface area contributed by atoms with Crippen LogP contribution < -0.4 is 0 Å². The van der Waals surface area contributed by atoms with E-state index in [-0.39, 0.29) is 66.5 Å². The van der Waals surface area contributed by atoms with E-state index in [0.29, 0.717) is 0 Å². The zero-order valence-corrected chi connectivity index (χ0v) is 10.2. The average molecular weight is 188 g/mol. The van der Waals surface area contributed by atoms with Gasteiger partial charge in [0.2, 0.25) is 0 Å². The molecule has 4 nitrogen and oxygen atoms in total. The van der Waals surface area contributed by atoms with Crippen LogP contribution in [0, 0.1) is 0 Å². The molecule has 0 saturated carbocycles. The van der Waals surface area contributed by atoms with E-state index in [9.17, 15) is 0 Å². The molecule has 0 aliphatic rings. The average Bonchev–Trinajstić information content (AvgIpc) is 1.39. The minimum atomic E-state index is -1.50. The fraction of sp³-hybridized carbons (Fsp3) is 0. The second-order valence-corrected chi connectivity index (χ2v) is 0.632. The second kappa shape index (κ2) is 34.7. The van der Waals surface area contributed by atoms with Gasteiger partial charge in [0.15, 0.2) is 0 Å². The molecule has 40 valence electrons. The Morgan fingerprint density at radius 3 is 1.12 bits per heavy atom. The fourth-order valence-corrected chi connectivity index (χ4v) is 0. The van der Waals surface area contributed by atoms with E-state index in [1.54, 1.807) is 0 Å². The molecule has 0 aromatic heterocycles. The molecule has 0 aliphatic heterocycles. The fourth-order valence-electron chi connectivity index (χ4n) is 0. The van der Waals surface area contributed by atoms with Gasteiger partial charge in [-0.15, -0.1) is 0 Å². The normalized spacial score (nSPS) is 2.00. The summed E-state index contributed by atoms with van der Waals surface area (Å²) in [6, 6.07) is 0. The molecule has 0 radical (unpaired) electrons. The van der Waals surface area contributed by atoms with Crippen molar-refractivity contribution in [3.8, 4) is 0 Å². The van der Waals surface area contributed by atoms with Crippen LogP contribution in [0.1, 0.15) is 5.71 Å². The summed E-state index contributed by atoms with van der Waals surface area (Å²) in [5.74, 6) is 0. The van der Waals surface area contributed by atoms with Crippen LogP contribution in [-0.4, -0.2) is 100 Å². The summed E-state index contributed by atoms with van der Waals surface area (Å²) in [4.78, 5) is 0. The standard InChI is InChI=1S/2Al.Ca.Mg.2H2O.2O.4H/h;;;;2*1H2;;;;;;/q2*+1;2*+2;;;;;4*-1/p-2. The summed E-state index contributed by atoms with van der Waals surface area (Å²) < 4.78 is 31.3. The van der Waals surface area contributed by atoms with E-state index in [0.717, 1.165) is 0 Å². The zero-order valence-electron chi connectivity index (χ0n) is 8.28. The Balaban J connectivity index is -0.00000000296. The van der Waals surface area contributed by atoms with E-state index in [1.807, 2.05) is 0 Å². The molecule has 2 N–H and O–H groups in total. The van der Waals surface area contributed by atoms with Gasteiger partial charge >= 0.3 is 108 Å². The molecule has 0 saturated heterocycles. The SMILES string of the molecule is [Ca+2].[H-].[H-].[H-].[H-].[Mg+2].[O]=[Al][OH].[O]=[Al][OH]. The van der Waals surface area contributed by atoms with Crippen molar-refractivity contribution in [1.82, 2.24) is 0 Å². The van der Waals surface area contributed by atoms with E-state index in [2.05, 4.69) is 0 Å². The summed E-state index contributed by atoms with van der Waals surface area (Å²) in [5, 5.41) is 0. The van der Waals surface area contributed by atoms with Crippen LogP contribution >= 0.6 is 0 Å². The van der Waals surface area contributed by atoms with Crippen LogP contribution in [0.3, 0.4) is 0 Å². The Bertz CT molecular complexity index is 46.0. The third kappa shape index (κ3) is 84.0. The van der Waals surface area contributed by atoms with Gasteiger partial charge in [-0.1, -0.05) is 0 Å². The van der Waals surface area contributed by atoms with Gasteiger partial charge in [-0.3, -0.25) is 0 Å². The van der Waals surface area contributed by atoms with Gasteiger partial charge in [0, 0.05) is 0 Å². The van der Waals surface area contributed by atoms with Crippen molar-refractivity contribution >= 4 is 91.8 Å². The summed E-state index contributed by atoms with van der Waals surface area (Å²) in [6.07, 6.45) is 0. The van der Waals surface area contributed by atoms with Crippen molar-refractivity contribution in [1.29, 1.82) is 0 Å². The molecule has 0 aromatic rings. The Hall–Kier alpha value is 2.29. The number of hydrogen-bond donors (Lipinski definition) is 2. The number of hydrogen-bond acceptors (Lipinski definition) is 2. The summed E-state index contributed by atoms with van der Waals surface area (Å²) in [5.41, 5.74) is 0. The molecule has 0 aliphatic carbocycles. The molecular weight excluding hydrogens is 182 g/mol. The van der Waals surface area contributed by atoms with Crippen LogP contribution in [-0.2, 0) is 7.61 Å². The quantitative estimate of drug-likeness (QED) is 0.415. The van der Waals surface area contributed by atoms with Crippen molar-refractivity contribution in [3.63, 3.8) is 0 Å². The van der Waals surface area contributed by atoms with Crippen molar-refractivity contribution in [2.75, 3.05) is 0 Å². The Morgan fingerprint density at radius 1 is 1.12 bits per heavy atom. The second-order valence-electron chi connectivity index (χ2n) is 0.211. The van der Waals surface area contributed by atoms with Gasteiger partial charge in [0.25, 0.3) is 0 Å². The molecule has 0 aromatic carbocycles. The van der Waals surface area contributed by atoms with Crippen molar-refractivity contribution in [2.45, 2.75) is 0 Å². The molecule has 8 heteroatoms. The van der Waals surface area contributed by atoms with Gasteiger partial charge in [-0.25, -0.2) is 0 Å². The molecule has 0 atom stereocenters. The van der Waals surface area contributed by atoms with Crippen LogP contribution in [0.5, 0.6) is 0 Å². The van der Waals surface area contributed by atoms with Crippen LogP contribution in [0.25, 0.3) is 0 Å². The van der Waals surface area contributed by atoms with Crippen LogP contribution in [0.2, 0.25) is 0 Å². The molecule has 0 heterocycles. The summed E-state index contributed by atoms with van der Waals surface area (Å²) in [6.45, 7) is 0. The molecule has 0 amide bonds. The van der Waals surface area contributed by atoms with Gasteiger partial charge in [0.05, 0.1) is 0 Å². The Labute approximate surface area is 112 Å². The summed E-state index contributed by atoms with van der Waals surface area (Å²) in [7, 11) is 0. The molecule has 0 unspecified atom stereocenters. The summed E-state index contributed by atoms with van der Waals surface area (Å²) >= 11 is -3.00. The van der Waals surface area contributed by atoms with E-state index in [4.69, 9.17) is 15.9 Å². The molecule has 0 spiro atoms. The van der Waals surface area contributed by atoms with Crippen molar-refractivity contribution in [2.24, 2.45) is 0 Å². The molecular formula is H6Al2CaMgO4. The Kier molecular flexibility index (Phi) is 97.3. The Morgan fingerprint density at radius 2 is 1.12 bits per heavy atom. The maximum atomic E-state index is 8.57. The molecule has 0 bridgehead atoms. The van der Waals surface area contributed by atoms with Gasteiger partial charge in [-0.2, -0.15) is 0 Å². The third-order valence-electron chi connectivity index (χ3n) is 0.